The minimum Gasteiger partial charge on any atom is -0.487 e. The molecule has 0 amide bonds. The molecule has 2 saturated heterocycles. The van der Waals surface area contributed by atoms with Crippen molar-refractivity contribution in [1.82, 2.24) is 0 Å². The predicted molar refractivity (Wildman–Crippen MR) is 132 cm³/mol. The number of hydrogen-bond acceptors (Lipinski definition) is 14. The Labute approximate surface area is 227 Å². The molecule has 3 aliphatic rings. The molecule has 1 unspecified atom stereocenters. The molecule has 40 heavy (non-hydrogen) atoms. The molecule has 0 radical (unpaired) electrons. The lowest BCUT2D eigenvalue weighted by Gasteiger charge is -2.47. The Kier molecular flexibility index (Phi) is 8.22. The van der Waals surface area contributed by atoms with Gasteiger partial charge in [-0.3, -0.25) is 0 Å². The molecule has 4 heterocycles. The van der Waals surface area contributed by atoms with Gasteiger partial charge in [0.25, 0.3) is 0 Å². The first-order valence-electron chi connectivity index (χ1n) is 12.9. The number of rotatable bonds is 7. The van der Waals surface area contributed by atoms with Crippen LogP contribution in [0.5, 0.6) is 5.75 Å². The third kappa shape index (κ3) is 5.37. The summed E-state index contributed by atoms with van der Waals surface area (Å²) >= 11 is 0. The largest absolute Gasteiger partial charge is 0.487 e. The quantitative estimate of drug-likeness (QED) is 0.172. The minimum absolute atomic E-state index is 0.371. The Morgan fingerprint density at radius 1 is 0.875 bits per heavy atom. The summed E-state index contributed by atoms with van der Waals surface area (Å²) in [4.78, 5) is 11.6. The van der Waals surface area contributed by atoms with Gasteiger partial charge in [0.1, 0.15) is 71.9 Å². The summed E-state index contributed by atoms with van der Waals surface area (Å²) < 4.78 is 34.0. The zero-order valence-electron chi connectivity index (χ0n) is 21.8. The van der Waals surface area contributed by atoms with Crippen LogP contribution in [0.4, 0.5) is 0 Å². The molecular formula is C26H34O14. The zero-order valence-corrected chi connectivity index (χ0v) is 21.8. The van der Waals surface area contributed by atoms with Crippen LogP contribution < -0.4 is 10.4 Å². The highest BCUT2D eigenvalue weighted by Gasteiger charge is 2.52. The van der Waals surface area contributed by atoms with E-state index in [-0.39, 0.29) is 0 Å². The second kappa shape index (κ2) is 11.2. The van der Waals surface area contributed by atoms with Crippen LogP contribution in [-0.4, -0.2) is 122 Å². The van der Waals surface area contributed by atoms with Crippen molar-refractivity contribution in [2.45, 2.75) is 93.4 Å². The molecule has 14 nitrogen and oxygen atoms in total. The van der Waals surface area contributed by atoms with Gasteiger partial charge in [-0.1, -0.05) is 0 Å². The summed E-state index contributed by atoms with van der Waals surface area (Å²) in [5.41, 5.74) is -0.354. The summed E-state index contributed by atoms with van der Waals surface area (Å²) in [5.74, 6) is 0.509. The van der Waals surface area contributed by atoms with E-state index >= 15 is 0 Å². The van der Waals surface area contributed by atoms with Gasteiger partial charge in [-0.05, 0) is 31.5 Å². The van der Waals surface area contributed by atoms with Gasteiger partial charge >= 0.3 is 5.63 Å². The fourth-order valence-electron chi connectivity index (χ4n) is 5.22. The molecule has 3 aliphatic heterocycles. The van der Waals surface area contributed by atoms with Crippen molar-refractivity contribution in [1.29, 1.82) is 0 Å². The molecule has 0 aliphatic carbocycles. The van der Waals surface area contributed by atoms with Crippen LogP contribution in [0.25, 0.3) is 11.0 Å². The molecule has 222 valence electrons. The third-order valence-electron chi connectivity index (χ3n) is 7.63. The molecule has 0 saturated carbocycles. The maximum atomic E-state index is 11.6. The zero-order chi connectivity index (χ0) is 28.9. The van der Waals surface area contributed by atoms with Gasteiger partial charge < -0.3 is 63.8 Å². The SMILES string of the molecule is CC(C)(O[C@@H]1O[C@H](CO)[C@@H](O[C@@H]2O[C@H](CO)[C@@H](O)[C@H](O)[C@H]2O)[C@H](O)[C@H]1O)C1Cc2cc3ccc(=O)oc3cc2O1. The van der Waals surface area contributed by atoms with Crippen molar-refractivity contribution in [3.05, 3.63) is 40.2 Å². The standard InChI is InChI=1S/C26H34O14/c1-26(2,16-6-11-5-10-3-4-17(29)36-12(10)7-13(11)35-16)40-25-22(34)20(32)23(15(9-28)38-25)39-24-21(33)19(31)18(30)14(8-27)37-24/h3-5,7,14-16,18-25,27-28,30-34H,6,8-9H2,1-2H3/t14-,15-,16?,18-,19+,20-,21-,22-,23-,24+,25+/m1/s1. The van der Waals surface area contributed by atoms with Gasteiger partial charge in [0.05, 0.1) is 13.2 Å². The van der Waals surface area contributed by atoms with E-state index in [0.717, 1.165) is 10.9 Å². The molecule has 7 N–H and O–H groups in total. The van der Waals surface area contributed by atoms with Crippen LogP contribution in [0.1, 0.15) is 19.4 Å². The van der Waals surface area contributed by atoms with E-state index in [2.05, 4.69) is 0 Å². The molecule has 14 heteroatoms. The van der Waals surface area contributed by atoms with Crippen molar-refractivity contribution in [2.24, 2.45) is 0 Å². The second-order valence-electron chi connectivity index (χ2n) is 10.8. The molecule has 0 bridgehead atoms. The molecular weight excluding hydrogens is 536 g/mol. The first kappa shape index (κ1) is 29.3. The maximum absolute atomic E-state index is 11.6. The van der Waals surface area contributed by atoms with Gasteiger partial charge in [-0.15, -0.1) is 0 Å². The second-order valence-corrected chi connectivity index (χ2v) is 10.8. The number of aliphatic hydroxyl groups excluding tert-OH is 7. The first-order valence-corrected chi connectivity index (χ1v) is 12.9. The Morgan fingerprint density at radius 2 is 1.55 bits per heavy atom. The summed E-state index contributed by atoms with van der Waals surface area (Å²) in [5, 5.41) is 72.1. The lowest BCUT2D eigenvalue weighted by molar-refractivity contribution is -0.369. The average Bonchev–Trinajstić information content (AvgIpc) is 3.35. The lowest BCUT2D eigenvalue weighted by Crippen LogP contribution is -2.65. The van der Waals surface area contributed by atoms with E-state index in [1.165, 1.54) is 6.07 Å². The van der Waals surface area contributed by atoms with Gasteiger partial charge in [-0.25, -0.2) is 4.79 Å². The van der Waals surface area contributed by atoms with E-state index in [9.17, 15) is 40.5 Å². The highest BCUT2D eigenvalue weighted by Crippen LogP contribution is 2.39. The molecule has 1 aromatic carbocycles. The normalized spacial score (nSPS) is 38.3. The average molecular weight is 571 g/mol. The Bertz CT molecular complexity index is 1240. The van der Waals surface area contributed by atoms with Crippen LogP contribution in [0.2, 0.25) is 0 Å². The highest BCUT2D eigenvalue weighted by atomic mass is 16.7. The molecule has 1 aromatic heterocycles. The van der Waals surface area contributed by atoms with Gasteiger partial charge in [-0.2, -0.15) is 0 Å². The van der Waals surface area contributed by atoms with E-state index in [4.69, 9.17) is 28.1 Å². The lowest BCUT2D eigenvalue weighted by atomic mass is 9.94. The smallest absolute Gasteiger partial charge is 0.336 e. The molecule has 11 atom stereocenters. The number of ether oxygens (including phenoxy) is 5. The van der Waals surface area contributed by atoms with Crippen molar-refractivity contribution in [2.75, 3.05) is 13.2 Å². The van der Waals surface area contributed by atoms with Crippen molar-refractivity contribution < 1.29 is 63.8 Å². The highest BCUT2D eigenvalue weighted by molar-refractivity contribution is 5.79. The monoisotopic (exact) mass is 570 g/mol. The van der Waals surface area contributed by atoms with E-state index in [0.29, 0.717) is 17.8 Å². The number of aliphatic hydroxyl groups is 7. The van der Waals surface area contributed by atoms with Crippen molar-refractivity contribution in [3.63, 3.8) is 0 Å². The van der Waals surface area contributed by atoms with Crippen LogP contribution in [0.3, 0.4) is 0 Å². The van der Waals surface area contributed by atoms with Crippen molar-refractivity contribution in [3.8, 4) is 5.75 Å². The topological polar surface area (TPSA) is 218 Å². The fourth-order valence-corrected chi connectivity index (χ4v) is 5.22. The van der Waals surface area contributed by atoms with Crippen LogP contribution >= 0.6 is 0 Å². The number of hydrogen-bond donors (Lipinski definition) is 7. The summed E-state index contributed by atoms with van der Waals surface area (Å²) in [6.45, 7) is 2.03. The van der Waals surface area contributed by atoms with E-state index < -0.39 is 92.0 Å². The van der Waals surface area contributed by atoms with Crippen LogP contribution in [0, 0.1) is 0 Å². The predicted octanol–water partition coefficient (Wildman–Crippen LogP) is -2.48. The van der Waals surface area contributed by atoms with Crippen LogP contribution in [-0.2, 0) is 25.4 Å². The van der Waals surface area contributed by atoms with E-state index in [1.54, 1.807) is 26.0 Å². The molecule has 0 spiro atoms. The minimum atomic E-state index is -1.76. The third-order valence-corrected chi connectivity index (χ3v) is 7.63. The Hall–Kier alpha value is -2.21. The van der Waals surface area contributed by atoms with Gasteiger partial charge in [0.15, 0.2) is 12.6 Å². The molecule has 2 aromatic rings. The molecule has 2 fully saturated rings. The summed E-state index contributed by atoms with van der Waals surface area (Å²) in [6.07, 6.45) is -15.6. The fraction of sp³-hybridized carbons (Fsp3) is 0.654. The molecule has 5 rings (SSSR count). The Morgan fingerprint density at radius 3 is 2.25 bits per heavy atom. The number of fused-ring (bicyclic) bond motifs is 2. The first-order chi connectivity index (χ1) is 18.9. The number of benzene rings is 1. The van der Waals surface area contributed by atoms with E-state index in [1.807, 2.05) is 6.07 Å². The summed E-state index contributed by atoms with van der Waals surface area (Å²) in [6, 6.07) is 6.46. The maximum Gasteiger partial charge on any atom is 0.336 e. The summed E-state index contributed by atoms with van der Waals surface area (Å²) in [7, 11) is 0. The van der Waals surface area contributed by atoms with Crippen LogP contribution in [0.15, 0.2) is 33.5 Å². The van der Waals surface area contributed by atoms with Crippen molar-refractivity contribution >= 4 is 11.0 Å². The van der Waals surface area contributed by atoms with Gasteiger partial charge in [0, 0.05) is 23.9 Å². The van der Waals surface area contributed by atoms with Gasteiger partial charge in [0.2, 0.25) is 0 Å². The Balaban J connectivity index is 1.27.